The van der Waals surface area contributed by atoms with Crippen molar-refractivity contribution in [1.82, 2.24) is 9.80 Å². The number of amides is 1. The van der Waals surface area contributed by atoms with Crippen LogP contribution in [0, 0.1) is 5.92 Å². The molecule has 1 aromatic rings. The lowest BCUT2D eigenvalue weighted by molar-refractivity contribution is -0.130. The van der Waals surface area contributed by atoms with Gasteiger partial charge in [0.05, 0.1) is 6.10 Å². The van der Waals surface area contributed by atoms with E-state index in [9.17, 15) is 9.90 Å². The summed E-state index contributed by atoms with van der Waals surface area (Å²) in [6.45, 7) is 5.42. The average molecular weight is 367 g/mol. The Hall–Kier alpha value is -2.07. The number of carbonyl (C=O) groups excluding carboxylic acids is 1. The van der Waals surface area contributed by atoms with E-state index in [1.165, 1.54) is 16.8 Å². The zero-order chi connectivity index (χ0) is 18.8. The summed E-state index contributed by atoms with van der Waals surface area (Å²) < 4.78 is 0. The normalized spacial score (nSPS) is 21.2. The second-order valence-electron chi connectivity index (χ2n) is 8.17. The van der Waals surface area contributed by atoms with E-state index in [-0.39, 0.29) is 5.91 Å². The first-order valence-electron chi connectivity index (χ1n) is 10.3. The van der Waals surface area contributed by atoms with Crippen molar-refractivity contribution in [1.29, 1.82) is 0 Å². The van der Waals surface area contributed by atoms with Crippen molar-refractivity contribution in [3.63, 3.8) is 0 Å². The van der Waals surface area contributed by atoms with Crippen LogP contribution in [-0.2, 0) is 17.6 Å². The molecular formula is C23H30N2O2. The Morgan fingerprint density at radius 2 is 1.85 bits per heavy atom. The molecular weight excluding hydrogens is 336 g/mol. The largest absolute Gasteiger partial charge is 0.388 e. The number of allylic oxidation sites excluding steroid dienone is 3. The molecule has 0 spiro atoms. The van der Waals surface area contributed by atoms with E-state index in [0.29, 0.717) is 5.92 Å². The highest BCUT2D eigenvalue weighted by atomic mass is 16.3. The second-order valence-corrected chi connectivity index (χ2v) is 8.17. The Kier molecular flexibility index (Phi) is 5.35. The summed E-state index contributed by atoms with van der Waals surface area (Å²) in [4.78, 5) is 15.8. The Balaban J connectivity index is 1.36. The van der Waals surface area contributed by atoms with Gasteiger partial charge in [0.15, 0.2) is 0 Å². The van der Waals surface area contributed by atoms with Gasteiger partial charge in [0.25, 0.3) is 0 Å². The van der Waals surface area contributed by atoms with Crippen LogP contribution in [-0.4, -0.2) is 47.0 Å². The fourth-order valence-corrected chi connectivity index (χ4v) is 4.54. The number of aliphatic hydroxyl groups excluding tert-OH is 1. The molecule has 1 saturated heterocycles. The van der Waals surface area contributed by atoms with Crippen LogP contribution in [0.25, 0.3) is 0 Å². The zero-order valence-electron chi connectivity index (χ0n) is 16.2. The lowest BCUT2D eigenvalue weighted by Gasteiger charge is -2.32. The summed E-state index contributed by atoms with van der Waals surface area (Å²) in [5.74, 6) is 0.671. The van der Waals surface area contributed by atoms with E-state index in [2.05, 4.69) is 41.3 Å². The fraction of sp³-hybridized carbons (Fsp3) is 0.522. The van der Waals surface area contributed by atoms with Gasteiger partial charge in [-0.05, 0) is 66.9 Å². The molecule has 1 atom stereocenters. The van der Waals surface area contributed by atoms with Crippen LogP contribution >= 0.6 is 0 Å². The third-order valence-corrected chi connectivity index (χ3v) is 6.43. The SMILES string of the molecule is CC(=O)N1CCC(CC(O)c2ccc3c(c2)CCN(C2=CC=C2)CC3)CC1. The first-order valence-corrected chi connectivity index (χ1v) is 10.3. The number of aliphatic hydroxyl groups is 1. The van der Waals surface area contributed by atoms with Gasteiger partial charge in [-0.25, -0.2) is 0 Å². The van der Waals surface area contributed by atoms with Gasteiger partial charge in [-0.1, -0.05) is 24.3 Å². The van der Waals surface area contributed by atoms with E-state index in [1.54, 1.807) is 6.92 Å². The van der Waals surface area contributed by atoms with Crippen LogP contribution in [0.5, 0.6) is 0 Å². The maximum Gasteiger partial charge on any atom is 0.219 e. The van der Waals surface area contributed by atoms with Crippen molar-refractivity contribution < 1.29 is 9.90 Å². The van der Waals surface area contributed by atoms with Crippen molar-refractivity contribution in [2.45, 2.75) is 45.1 Å². The predicted octanol–water partition coefficient (Wildman–Crippen LogP) is 3.22. The first kappa shape index (κ1) is 18.3. The molecule has 27 heavy (non-hydrogen) atoms. The van der Waals surface area contributed by atoms with Gasteiger partial charge in [0, 0.05) is 38.8 Å². The molecule has 4 rings (SSSR count). The summed E-state index contributed by atoms with van der Waals surface area (Å²) in [7, 11) is 0. The Labute approximate surface area is 162 Å². The van der Waals surface area contributed by atoms with Crippen molar-refractivity contribution >= 4 is 5.91 Å². The Morgan fingerprint density at radius 3 is 2.48 bits per heavy atom. The Bertz CT molecular complexity index is 760. The van der Waals surface area contributed by atoms with E-state index >= 15 is 0 Å². The van der Waals surface area contributed by atoms with E-state index in [0.717, 1.165) is 63.8 Å². The molecule has 0 radical (unpaired) electrons. The molecule has 1 fully saturated rings. The molecule has 4 nitrogen and oxygen atoms in total. The molecule has 2 heterocycles. The van der Waals surface area contributed by atoms with Crippen molar-refractivity contribution in [3.05, 3.63) is 58.8 Å². The third-order valence-electron chi connectivity index (χ3n) is 6.43. The van der Waals surface area contributed by atoms with E-state index in [4.69, 9.17) is 0 Å². The lowest BCUT2D eigenvalue weighted by atomic mass is 9.88. The monoisotopic (exact) mass is 366 g/mol. The number of carbonyl (C=O) groups is 1. The molecule has 144 valence electrons. The minimum absolute atomic E-state index is 0.168. The number of nitrogens with zero attached hydrogens (tertiary/aromatic N) is 2. The molecule has 0 aromatic heterocycles. The number of likely N-dealkylation sites (tertiary alicyclic amines) is 1. The predicted molar refractivity (Wildman–Crippen MR) is 107 cm³/mol. The van der Waals surface area contributed by atoms with Gasteiger partial charge < -0.3 is 14.9 Å². The van der Waals surface area contributed by atoms with Crippen LogP contribution in [0.1, 0.15) is 49.0 Å². The molecule has 4 heteroatoms. The van der Waals surface area contributed by atoms with Crippen LogP contribution < -0.4 is 0 Å². The maximum atomic E-state index is 11.5. The summed E-state index contributed by atoms with van der Waals surface area (Å²) in [5.41, 5.74) is 5.22. The molecule has 1 unspecified atom stereocenters. The highest BCUT2D eigenvalue weighted by molar-refractivity contribution is 5.73. The summed E-state index contributed by atoms with van der Waals surface area (Å²) in [6.07, 6.45) is 11.0. The minimum atomic E-state index is -0.402. The van der Waals surface area contributed by atoms with Gasteiger partial charge in [-0.15, -0.1) is 0 Å². The number of hydrogen-bond acceptors (Lipinski definition) is 3. The van der Waals surface area contributed by atoms with Crippen molar-refractivity contribution in [2.75, 3.05) is 26.2 Å². The molecule has 1 amide bonds. The average Bonchev–Trinajstić information content (AvgIpc) is 2.83. The molecule has 1 N–H and O–H groups in total. The lowest BCUT2D eigenvalue weighted by Crippen LogP contribution is -2.37. The van der Waals surface area contributed by atoms with Crippen LogP contribution in [0.4, 0.5) is 0 Å². The summed E-state index contributed by atoms with van der Waals surface area (Å²) in [5, 5.41) is 10.8. The van der Waals surface area contributed by atoms with E-state index in [1.807, 2.05) is 4.90 Å². The number of hydrogen-bond donors (Lipinski definition) is 1. The fourth-order valence-electron chi connectivity index (χ4n) is 4.54. The summed E-state index contributed by atoms with van der Waals surface area (Å²) in [6, 6.07) is 6.58. The summed E-state index contributed by atoms with van der Waals surface area (Å²) >= 11 is 0. The topological polar surface area (TPSA) is 43.8 Å². The zero-order valence-corrected chi connectivity index (χ0v) is 16.2. The molecule has 1 aromatic carbocycles. The Morgan fingerprint density at radius 1 is 1.15 bits per heavy atom. The number of piperidine rings is 1. The van der Waals surface area contributed by atoms with Gasteiger partial charge >= 0.3 is 0 Å². The second kappa shape index (κ2) is 7.89. The first-order chi connectivity index (χ1) is 13.1. The van der Waals surface area contributed by atoms with Gasteiger partial charge in [-0.3, -0.25) is 4.79 Å². The molecule has 2 aliphatic heterocycles. The highest BCUT2D eigenvalue weighted by Crippen LogP contribution is 2.30. The maximum absolute atomic E-state index is 11.5. The molecule has 3 aliphatic rings. The van der Waals surface area contributed by atoms with Gasteiger partial charge in [-0.2, -0.15) is 0 Å². The van der Waals surface area contributed by atoms with E-state index < -0.39 is 6.10 Å². The van der Waals surface area contributed by atoms with Gasteiger partial charge in [0.1, 0.15) is 0 Å². The molecule has 0 bridgehead atoms. The third kappa shape index (κ3) is 4.11. The number of benzene rings is 1. The quantitative estimate of drug-likeness (QED) is 0.890. The van der Waals surface area contributed by atoms with Crippen LogP contribution in [0.15, 0.2) is 42.1 Å². The van der Waals surface area contributed by atoms with Crippen LogP contribution in [0.2, 0.25) is 0 Å². The number of rotatable bonds is 4. The molecule has 0 saturated carbocycles. The number of fused-ring (bicyclic) bond motifs is 1. The van der Waals surface area contributed by atoms with Crippen molar-refractivity contribution in [3.8, 4) is 0 Å². The van der Waals surface area contributed by atoms with Crippen LogP contribution in [0.3, 0.4) is 0 Å². The standard InChI is InChI=1S/C23H30N2O2/c1-17(26)24-11-7-18(8-12-24)15-23(27)21-6-5-19-9-13-25(22-3-2-4-22)14-10-20(19)16-21/h2-6,16,18,23,27H,7-15H2,1H3. The molecule has 1 aliphatic carbocycles. The van der Waals surface area contributed by atoms with Crippen molar-refractivity contribution in [2.24, 2.45) is 5.92 Å². The smallest absolute Gasteiger partial charge is 0.219 e. The minimum Gasteiger partial charge on any atom is -0.388 e. The van der Waals surface area contributed by atoms with Gasteiger partial charge in [0.2, 0.25) is 5.91 Å². The highest BCUT2D eigenvalue weighted by Gasteiger charge is 2.24.